The van der Waals surface area contributed by atoms with Crippen molar-refractivity contribution in [3.05, 3.63) is 12.2 Å². The number of allylic oxidation sites excluding steroid dienone is 1. The standard InChI is InChI=1S/C8H15BrO2Si/c1-7(9)5-6-8(10)11-12(2,3)4/h5-7H,1-4H3. The molecule has 0 aliphatic heterocycles. The van der Waals surface area contributed by atoms with Crippen molar-refractivity contribution in [2.75, 3.05) is 0 Å². The molecule has 0 saturated carbocycles. The Morgan fingerprint density at radius 2 is 2.00 bits per heavy atom. The molecule has 0 bridgehead atoms. The predicted octanol–water partition coefficient (Wildman–Crippen LogP) is 2.70. The van der Waals surface area contributed by atoms with Crippen molar-refractivity contribution in [1.29, 1.82) is 0 Å². The van der Waals surface area contributed by atoms with Gasteiger partial charge in [-0.2, -0.15) is 0 Å². The lowest BCUT2D eigenvalue weighted by Gasteiger charge is -2.15. The van der Waals surface area contributed by atoms with Gasteiger partial charge in [0.25, 0.3) is 0 Å². The fourth-order valence-electron chi connectivity index (χ4n) is 0.547. The Balaban J connectivity index is 3.91. The summed E-state index contributed by atoms with van der Waals surface area (Å²) < 4.78 is 5.18. The Hall–Kier alpha value is -0.0931. The molecule has 0 radical (unpaired) electrons. The van der Waals surface area contributed by atoms with Gasteiger partial charge in [0.05, 0.1) is 0 Å². The second-order valence-electron chi connectivity index (χ2n) is 3.57. The van der Waals surface area contributed by atoms with E-state index in [1.807, 2.05) is 26.6 Å². The van der Waals surface area contributed by atoms with E-state index in [0.717, 1.165) is 0 Å². The molecule has 12 heavy (non-hydrogen) atoms. The first-order valence-electron chi connectivity index (χ1n) is 3.86. The predicted molar refractivity (Wildman–Crippen MR) is 57.0 cm³/mol. The molecule has 0 saturated heterocycles. The molecule has 1 unspecified atom stereocenters. The number of halogens is 1. The number of hydrogen-bond acceptors (Lipinski definition) is 2. The lowest BCUT2D eigenvalue weighted by atomic mass is 10.4. The van der Waals surface area contributed by atoms with Gasteiger partial charge >= 0.3 is 5.97 Å². The zero-order valence-corrected chi connectivity index (χ0v) is 10.5. The highest BCUT2D eigenvalue weighted by Gasteiger charge is 2.18. The van der Waals surface area contributed by atoms with Crippen LogP contribution in [0.15, 0.2) is 12.2 Å². The van der Waals surface area contributed by atoms with E-state index < -0.39 is 8.32 Å². The van der Waals surface area contributed by atoms with Gasteiger partial charge in [0, 0.05) is 10.9 Å². The Morgan fingerprint density at radius 3 is 2.33 bits per heavy atom. The summed E-state index contributed by atoms with van der Waals surface area (Å²) in [5.41, 5.74) is 0. The minimum Gasteiger partial charge on any atom is -0.517 e. The molecule has 0 aromatic heterocycles. The number of carbonyl (C=O) groups excluding carboxylic acids is 1. The molecule has 0 aromatic rings. The fraction of sp³-hybridized carbons (Fsp3) is 0.625. The molecule has 70 valence electrons. The lowest BCUT2D eigenvalue weighted by molar-refractivity contribution is -0.129. The van der Waals surface area contributed by atoms with E-state index in [0.29, 0.717) is 0 Å². The van der Waals surface area contributed by atoms with Crippen molar-refractivity contribution >= 4 is 30.2 Å². The molecule has 0 aromatic carbocycles. The summed E-state index contributed by atoms with van der Waals surface area (Å²) in [6, 6.07) is 0. The van der Waals surface area contributed by atoms with Crippen LogP contribution in [0.5, 0.6) is 0 Å². The van der Waals surface area contributed by atoms with E-state index in [-0.39, 0.29) is 10.8 Å². The second kappa shape index (κ2) is 4.82. The van der Waals surface area contributed by atoms with Gasteiger partial charge in [-0.05, 0) is 26.6 Å². The Bertz CT molecular complexity index is 182. The van der Waals surface area contributed by atoms with Crippen molar-refractivity contribution in [3.63, 3.8) is 0 Å². The molecule has 0 N–H and O–H groups in total. The van der Waals surface area contributed by atoms with E-state index in [9.17, 15) is 4.79 Å². The van der Waals surface area contributed by atoms with Gasteiger partial charge in [-0.25, -0.2) is 4.79 Å². The highest BCUT2D eigenvalue weighted by atomic mass is 79.9. The van der Waals surface area contributed by atoms with Gasteiger partial charge < -0.3 is 4.43 Å². The van der Waals surface area contributed by atoms with Crippen LogP contribution in [0.25, 0.3) is 0 Å². The van der Waals surface area contributed by atoms with Crippen LogP contribution in [0.1, 0.15) is 6.92 Å². The van der Waals surface area contributed by atoms with Crippen LogP contribution in [0.4, 0.5) is 0 Å². The molecule has 0 fully saturated rings. The van der Waals surface area contributed by atoms with Gasteiger partial charge in [-0.1, -0.05) is 22.0 Å². The first kappa shape index (κ1) is 11.9. The maximum atomic E-state index is 11.1. The highest BCUT2D eigenvalue weighted by molar-refractivity contribution is 9.09. The van der Waals surface area contributed by atoms with Crippen LogP contribution < -0.4 is 0 Å². The summed E-state index contributed by atoms with van der Waals surface area (Å²) in [5.74, 6) is -0.236. The molecule has 0 aliphatic rings. The largest absolute Gasteiger partial charge is 0.517 e. The Labute approximate surface area is 83.3 Å². The highest BCUT2D eigenvalue weighted by Crippen LogP contribution is 2.04. The van der Waals surface area contributed by atoms with Crippen LogP contribution in [0.3, 0.4) is 0 Å². The molecule has 0 amide bonds. The van der Waals surface area contributed by atoms with E-state index in [1.165, 1.54) is 6.08 Å². The first-order valence-corrected chi connectivity index (χ1v) is 8.19. The minimum atomic E-state index is -1.71. The molecule has 2 nitrogen and oxygen atoms in total. The van der Waals surface area contributed by atoms with Crippen LogP contribution in [0, 0.1) is 0 Å². The maximum absolute atomic E-state index is 11.1. The normalized spacial score (nSPS) is 14.8. The molecule has 0 rings (SSSR count). The maximum Gasteiger partial charge on any atom is 0.317 e. The average molecular weight is 251 g/mol. The lowest BCUT2D eigenvalue weighted by Crippen LogP contribution is -2.28. The van der Waals surface area contributed by atoms with Crippen LogP contribution >= 0.6 is 15.9 Å². The third-order valence-corrected chi connectivity index (χ3v) is 2.02. The minimum absolute atomic E-state index is 0.215. The van der Waals surface area contributed by atoms with E-state index >= 15 is 0 Å². The van der Waals surface area contributed by atoms with Crippen LogP contribution in [0.2, 0.25) is 19.6 Å². The Kier molecular flexibility index (Phi) is 4.78. The summed E-state index contributed by atoms with van der Waals surface area (Å²) in [7, 11) is -1.71. The third kappa shape index (κ3) is 8.01. The molecule has 0 aliphatic carbocycles. The van der Waals surface area contributed by atoms with Crippen molar-refractivity contribution in [2.24, 2.45) is 0 Å². The van der Waals surface area contributed by atoms with Gasteiger partial charge in [-0.15, -0.1) is 0 Å². The van der Waals surface area contributed by atoms with Crippen molar-refractivity contribution in [3.8, 4) is 0 Å². The number of alkyl halides is 1. The summed E-state index contributed by atoms with van der Waals surface area (Å²) >= 11 is 3.30. The second-order valence-corrected chi connectivity index (χ2v) is 9.44. The number of hydrogen-bond donors (Lipinski definition) is 0. The quantitative estimate of drug-likeness (QED) is 0.438. The smallest absolute Gasteiger partial charge is 0.317 e. The van der Waals surface area contributed by atoms with Crippen molar-refractivity contribution < 1.29 is 9.22 Å². The summed E-state index contributed by atoms with van der Waals surface area (Å²) in [4.78, 5) is 11.3. The molecule has 1 atom stereocenters. The molecule has 0 heterocycles. The topological polar surface area (TPSA) is 26.3 Å². The molecule has 4 heteroatoms. The molecular formula is C8H15BrO2Si. The van der Waals surface area contributed by atoms with E-state index in [1.54, 1.807) is 6.08 Å². The van der Waals surface area contributed by atoms with Gasteiger partial charge in [0.1, 0.15) is 0 Å². The van der Waals surface area contributed by atoms with Gasteiger partial charge in [0.2, 0.25) is 8.32 Å². The SMILES string of the molecule is CC(Br)C=CC(=O)O[Si](C)(C)C. The monoisotopic (exact) mass is 250 g/mol. The fourth-order valence-corrected chi connectivity index (χ4v) is 1.37. The Morgan fingerprint density at radius 1 is 1.50 bits per heavy atom. The van der Waals surface area contributed by atoms with Gasteiger partial charge in [0.15, 0.2) is 0 Å². The average Bonchev–Trinajstić information content (AvgIpc) is 1.79. The molecular weight excluding hydrogens is 236 g/mol. The number of rotatable bonds is 3. The summed E-state index contributed by atoms with van der Waals surface area (Å²) in [6.07, 6.45) is 3.24. The molecule has 0 spiro atoms. The van der Waals surface area contributed by atoms with E-state index in [4.69, 9.17) is 4.43 Å². The van der Waals surface area contributed by atoms with Gasteiger partial charge in [-0.3, -0.25) is 0 Å². The zero-order valence-electron chi connectivity index (χ0n) is 7.93. The van der Waals surface area contributed by atoms with Crippen LogP contribution in [-0.4, -0.2) is 19.1 Å². The third-order valence-electron chi connectivity index (χ3n) is 0.904. The number of carbonyl (C=O) groups is 1. The van der Waals surface area contributed by atoms with Crippen LogP contribution in [-0.2, 0) is 9.22 Å². The van der Waals surface area contributed by atoms with Crippen molar-refractivity contribution in [2.45, 2.75) is 31.4 Å². The van der Waals surface area contributed by atoms with E-state index in [2.05, 4.69) is 15.9 Å². The summed E-state index contributed by atoms with van der Waals surface area (Å²) in [5, 5.41) is 0. The zero-order chi connectivity index (χ0) is 9.78. The summed E-state index contributed by atoms with van der Waals surface area (Å²) in [6.45, 7) is 7.89. The first-order chi connectivity index (χ1) is 5.31. The van der Waals surface area contributed by atoms with Crippen molar-refractivity contribution in [1.82, 2.24) is 0 Å².